The molecule has 1 aromatic rings. The second kappa shape index (κ2) is 5.31. The van der Waals surface area contributed by atoms with Gasteiger partial charge in [0.15, 0.2) is 0 Å². The summed E-state index contributed by atoms with van der Waals surface area (Å²) in [6, 6.07) is 1.90. The lowest BCUT2D eigenvalue weighted by Gasteiger charge is -1.97. The van der Waals surface area contributed by atoms with E-state index in [1.807, 2.05) is 16.8 Å². The lowest BCUT2D eigenvalue weighted by atomic mass is 10.4. The fourth-order valence-corrected chi connectivity index (χ4v) is 1.28. The van der Waals surface area contributed by atoms with Crippen molar-refractivity contribution >= 4 is 23.6 Å². The van der Waals surface area contributed by atoms with Crippen molar-refractivity contribution in [2.45, 2.75) is 6.92 Å². The highest BCUT2D eigenvalue weighted by Gasteiger charge is 1.94. The molecule has 0 aliphatic heterocycles. The van der Waals surface area contributed by atoms with Gasteiger partial charge in [0.05, 0.1) is 12.8 Å². The number of carbonyl (C=O) groups excluding carboxylic acids is 1. The molecule has 4 nitrogen and oxygen atoms in total. The zero-order valence-electron chi connectivity index (χ0n) is 7.19. The van der Waals surface area contributed by atoms with Crippen molar-refractivity contribution < 1.29 is 9.53 Å². The quantitative estimate of drug-likeness (QED) is 0.595. The SMILES string of the molecule is CCOC(=O)N/N=C/c1ccsc1. The first-order valence-corrected chi connectivity index (χ1v) is 4.75. The Kier molecular flexibility index (Phi) is 3.98. The minimum Gasteiger partial charge on any atom is -0.449 e. The molecule has 0 saturated carbocycles. The molecular formula is C8H10N2O2S. The van der Waals surface area contributed by atoms with Crippen molar-refractivity contribution in [1.29, 1.82) is 0 Å². The minimum atomic E-state index is -0.533. The van der Waals surface area contributed by atoms with Gasteiger partial charge in [-0.25, -0.2) is 10.2 Å². The van der Waals surface area contributed by atoms with Crippen LogP contribution in [0.25, 0.3) is 0 Å². The molecule has 1 rings (SSSR count). The van der Waals surface area contributed by atoms with Crippen molar-refractivity contribution in [3.8, 4) is 0 Å². The average molecular weight is 198 g/mol. The number of rotatable bonds is 3. The Labute approximate surface area is 80.2 Å². The standard InChI is InChI=1S/C8H10N2O2S/c1-2-12-8(11)10-9-5-7-3-4-13-6-7/h3-6H,2H2,1H3,(H,10,11)/b9-5+. The van der Waals surface area contributed by atoms with Crippen molar-refractivity contribution in [3.63, 3.8) is 0 Å². The molecular weight excluding hydrogens is 188 g/mol. The zero-order chi connectivity index (χ0) is 9.52. The molecule has 0 aliphatic carbocycles. The smallest absolute Gasteiger partial charge is 0.427 e. The van der Waals surface area contributed by atoms with Gasteiger partial charge in [-0.15, -0.1) is 0 Å². The number of hydrogen-bond acceptors (Lipinski definition) is 4. The van der Waals surface area contributed by atoms with Gasteiger partial charge in [0.1, 0.15) is 0 Å². The van der Waals surface area contributed by atoms with Crippen LogP contribution in [0.4, 0.5) is 4.79 Å². The first-order valence-electron chi connectivity index (χ1n) is 3.81. The monoisotopic (exact) mass is 198 g/mol. The van der Waals surface area contributed by atoms with Crippen LogP contribution < -0.4 is 5.43 Å². The van der Waals surface area contributed by atoms with Gasteiger partial charge < -0.3 is 4.74 Å². The van der Waals surface area contributed by atoms with Gasteiger partial charge in [-0.1, -0.05) is 0 Å². The topological polar surface area (TPSA) is 50.7 Å². The molecule has 0 bridgehead atoms. The molecule has 5 heteroatoms. The zero-order valence-corrected chi connectivity index (χ0v) is 8.00. The van der Waals surface area contributed by atoms with Gasteiger partial charge in [0.2, 0.25) is 0 Å². The Morgan fingerprint density at radius 2 is 2.69 bits per heavy atom. The summed E-state index contributed by atoms with van der Waals surface area (Å²) in [5.74, 6) is 0. The first kappa shape index (κ1) is 9.73. The predicted molar refractivity (Wildman–Crippen MR) is 52.1 cm³/mol. The number of nitrogens with zero attached hydrogens (tertiary/aromatic N) is 1. The van der Waals surface area contributed by atoms with Crippen molar-refractivity contribution in [3.05, 3.63) is 22.4 Å². The molecule has 0 atom stereocenters. The molecule has 0 spiro atoms. The summed E-state index contributed by atoms with van der Waals surface area (Å²) in [6.45, 7) is 2.09. The molecule has 1 N–H and O–H groups in total. The van der Waals surface area contributed by atoms with Crippen molar-refractivity contribution in [2.24, 2.45) is 5.10 Å². The van der Waals surface area contributed by atoms with Gasteiger partial charge in [-0.2, -0.15) is 16.4 Å². The molecule has 0 aliphatic rings. The highest BCUT2D eigenvalue weighted by molar-refractivity contribution is 7.08. The first-order chi connectivity index (χ1) is 6.33. The lowest BCUT2D eigenvalue weighted by molar-refractivity contribution is 0.152. The summed E-state index contributed by atoms with van der Waals surface area (Å²) in [5.41, 5.74) is 3.19. The molecule has 13 heavy (non-hydrogen) atoms. The average Bonchev–Trinajstić information content (AvgIpc) is 2.57. The maximum absolute atomic E-state index is 10.7. The molecule has 1 heterocycles. The molecule has 1 amide bonds. The molecule has 0 saturated heterocycles. The molecule has 0 aromatic carbocycles. The fraction of sp³-hybridized carbons (Fsp3) is 0.250. The van der Waals surface area contributed by atoms with Gasteiger partial charge in [0.25, 0.3) is 0 Å². The van der Waals surface area contributed by atoms with E-state index in [2.05, 4.69) is 15.3 Å². The molecule has 0 fully saturated rings. The number of thiophene rings is 1. The van der Waals surface area contributed by atoms with Crippen LogP contribution in [0.3, 0.4) is 0 Å². The normalized spacial score (nSPS) is 10.2. The largest absolute Gasteiger partial charge is 0.449 e. The highest BCUT2D eigenvalue weighted by atomic mass is 32.1. The van der Waals surface area contributed by atoms with Crippen molar-refractivity contribution in [2.75, 3.05) is 6.61 Å². The van der Waals surface area contributed by atoms with Gasteiger partial charge in [-0.05, 0) is 23.8 Å². The minimum absolute atomic E-state index is 0.347. The van der Waals surface area contributed by atoms with Crippen LogP contribution in [0.15, 0.2) is 21.9 Å². The van der Waals surface area contributed by atoms with Crippen LogP contribution in [-0.4, -0.2) is 18.9 Å². The van der Waals surface area contributed by atoms with E-state index in [9.17, 15) is 4.79 Å². The number of hydrazone groups is 1. The van der Waals surface area contributed by atoms with Crippen LogP contribution in [0.1, 0.15) is 12.5 Å². The molecule has 0 radical (unpaired) electrons. The highest BCUT2D eigenvalue weighted by Crippen LogP contribution is 2.01. The summed E-state index contributed by atoms with van der Waals surface area (Å²) in [5, 5.41) is 7.55. The number of ether oxygens (including phenoxy) is 1. The van der Waals surface area contributed by atoms with E-state index in [1.54, 1.807) is 24.5 Å². The summed E-state index contributed by atoms with van der Waals surface area (Å²) in [6.07, 6.45) is 1.03. The Hall–Kier alpha value is -1.36. The maximum Gasteiger partial charge on any atom is 0.427 e. The summed E-state index contributed by atoms with van der Waals surface area (Å²) in [7, 11) is 0. The van der Waals surface area contributed by atoms with Gasteiger partial charge >= 0.3 is 6.09 Å². The summed E-state index contributed by atoms with van der Waals surface area (Å²) < 4.78 is 4.60. The fourth-order valence-electron chi connectivity index (χ4n) is 0.671. The van der Waals surface area contributed by atoms with E-state index < -0.39 is 6.09 Å². The lowest BCUT2D eigenvalue weighted by Crippen LogP contribution is -2.18. The van der Waals surface area contributed by atoms with E-state index in [4.69, 9.17) is 0 Å². The predicted octanol–water partition coefficient (Wildman–Crippen LogP) is 1.83. The summed E-state index contributed by atoms with van der Waals surface area (Å²) in [4.78, 5) is 10.7. The number of amides is 1. The van der Waals surface area contributed by atoms with Crippen molar-refractivity contribution in [1.82, 2.24) is 5.43 Å². The van der Waals surface area contributed by atoms with Crippen LogP contribution in [0.5, 0.6) is 0 Å². The second-order valence-corrected chi connectivity index (χ2v) is 2.93. The number of carbonyl (C=O) groups is 1. The van der Waals surface area contributed by atoms with E-state index >= 15 is 0 Å². The van der Waals surface area contributed by atoms with E-state index in [0.717, 1.165) is 5.56 Å². The van der Waals surface area contributed by atoms with E-state index in [-0.39, 0.29) is 0 Å². The Morgan fingerprint density at radius 3 is 3.31 bits per heavy atom. The van der Waals surface area contributed by atoms with Gasteiger partial charge in [-0.3, -0.25) is 0 Å². The van der Waals surface area contributed by atoms with Gasteiger partial charge in [0, 0.05) is 5.56 Å². The third-order valence-electron chi connectivity index (χ3n) is 1.19. The van der Waals surface area contributed by atoms with Crippen LogP contribution >= 0.6 is 11.3 Å². The third kappa shape index (κ3) is 3.71. The number of nitrogens with one attached hydrogen (secondary N) is 1. The van der Waals surface area contributed by atoms with E-state index in [0.29, 0.717) is 6.61 Å². The molecule has 1 aromatic heterocycles. The Balaban J connectivity index is 2.30. The Bertz CT molecular complexity index is 282. The van der Waals surface area contributed by atoms with Crippen LogP contribution in [-0.2, 0) is 4.74 Å². The van der Waals surface area contributed by atoms with E-state index in [1.165, 1.54) is 0 Å². The van der Waals surface area contributed by atoms with Crippen LogP contribution in [0.2, 0.25) is 0 Å². The number of hydrogen-bond donors (Lipinski definition) is 1. The maximum atomic E-state index is 10.7. The Morgan fingerprint density at radius 1 is 1.85 bits per heavy atom. The molecule has 70 valence electrons. The van der Waals surface area contributed by atoms with Crippen LogP contribution in [0, 0.1) is 0 Å². The summed E-state index contributed by atoms with van der Waals surface area (Å²) >= 11 is 1.57. The molecule has 0 unspecified atom stereocenters. The third-order valence-corrected chi connectivity index (χ3v) is 1.89. The second-order valence-electron chi connectivity index (χ2n) is 2.15.